The molecular formula is C11H10N6S. The summed E-state index contributed by atoms with van der Waals surface area (Å²) in [6, 6.07) is 5.66. The number of rotatable bonds is 3. The maximum absolute atomic E-state index is 4.41. The van der Waals surface area contributed by atoms with Crippen LogP contribution in [0.25, 0.3) is 11.4 Å². The molecule has 0 spiro atoms. The first-order valence-electron chi connectivity index (χ1n) is 5.35. The third-order valence-electron chi connectivity index (χ3n) is 2.40. The second kappa shape index (κ2) is 4.53. The molecule has 2 N–H and O–H groups in total. The number of nitrogens with zero attached hydrogens (tertiary/aromatic N) is 4. The molecule has 0 atom stereocenters. The normalized spacial score (nSPS) is 10.5. The summed E-state index contributed by atoms with van der Waals surface area (Å²) in [6.07, 6.45) is 3.52. The Hall–Kier alpha value is -2.28. The average molecular weight is 258 g/mol. The van der Waals surface area contributed by atoms with E-state index in [1.54, 1.807) is 12.4 Å². The van der Waals surface area contributed by atoms with Crippen molar-refractivity contribution >= 4 is 22.5 Å². The van der Waals surface area contributed by atoms with Crippen LogP contribution in [-0.2, 0) is 0 Å². The van der Waals surface area contributed by atoms with Crippen molar-refractivity contribution in [2.24, 2.45) is 0 Å². The lowest BCUT2D eigenvalue weighted by Gasteiger charge is -1.98. The maximum atomic E-state index is 4.41. The zero-order valence-corrected chi connectivity index (χ0v) is 10.4. The van der Waals surface area contributed by atoms with E-state index in [2.05, 4.69) is 29.9 Å². The second-order valence-corrected chi connectivity index (χ2v) is 4.40. The van der Waals surface area contributed by atoms with Crippen molar-refractivity contribution in [3.05, 3.63) is 36.3 Å². The van der Waals surface area contributed by atoms with Crippen molar-refractivity contribution in [1.29, 1.82) is 0 Å². The molecule has 0 aromatic carbocycles. The van der Waals surface area contributed by atoms with Gasteiger partial charge in [-0.25, -0.2) is 4.98 Å². The van der Waals surface area contributed by atoms with E-state index in [1.807, 2.05) is 25.1 Å². The molecule has 0 radical (unpaired) electrons. The Balaban J connectivity index is 1.84. The number of aryl methyl sites for hydroxylation is 1. The van der Waals surface area contributed by atoms with Crippen LogP contribution in [0.5, 0.6) is 0 Å². The Morgan fingerprint density at radius 1 is 1.33 bits per heavy atom. The average Bonchev–Trinajstić information content (AvgIpc) is 2.99. The number of aromatic amines is 1. The van der Waals surface area contributed by atoms with Crippen molar-refractivity contribution in [2.75, 3.05) is 5.32 Å². The molecule has 0 aliphatic heterocycles. The van der Waals surface area contributed by atoms with E-state index in [9.17, 15) is 0 Å². The van der Waals surface area contributed by atoms with Crippen LogP contribution < -0.4 is 5.32 Å². The van der Waals surface area contributed by atoms with Crippen molar-refractivity contribution in [2.45, 2.75) is 6.92 Å². The van der Waals surface area contributed by atoms with Gasteiger partial charge in [-0.1, -0.05) is 6.07 Å². The van der Waals surface area contributed by atoms with Crippen LogP contribution >= 0.6 is 11.5 Å². The van der Waals surface area contributed by atoms with Crippen molar-refractivity contribution < 1.29 is 0 Å². The summed E-state index contributed by atoms with van der Waals surface area (Å²) in [5.74, 6) is 1.42. The highest BCUT2D eigenvalue weighted by molar-refractivity contribution is 7.09. The number of nitrogens with one attached hydrogen (secondary N) is 2. The minimum atomic E-state index is 0.671. The zero-order chi connectivity index (χ0) is 12.4. The SMILES string of the molecule is Cc1n[nH]cc1-c1nsc(Nc2ccccn2)n1. The van der Waals surface area contributed by atoms with Crippen molar-refractivity contribution in [3.63, 3.8) is 0 Å². The van der Waals surface area contributed by atoms with Gasteiger partial charge in [0.15, 0.2) is 5.82 Å². The predicted octanol–water partition coefficient (Wildman–Crippen LogP) is 2.38. The Morgan fingerprint density at radius 2 is 2.28 bits per heavy atom. The van der Waals surface area contributed by atoms with E-state index < -0.39 is 0 Å². The van der Waals surface area contributed by atoms with Crippen molar-refractivity contribution in [1.82, 2.24) is 24.5 Å². The fourth-order valence-electron chi connectivity index (χ4n) is 1.51. The quantitative estimate of drug-likeness (QED) is 0.754. The number of anilines is 2. The molecule has 0 bridgehead atoms. The first-order chi connectivity index (χ1) is 8.83. The summed E-state index contributed by atoms with van der Waals surface area (Å²) in [4.78, 5) is 8.58. The van der Waals surface area contributed by atoms with Gasteiger partial charge in [-0.05, 0) is 19.1 Å². The monoisotopic (exact) mass is 258 g/mol. The predicted molar refractivity (Wildman–Crippen MR) is 69.7 cm³/mol. The van der Waals surface area contributed by atoms with Gasteiger partial charge in [0.2, 0.25) is 5.13 Å². The Morgan fingerprint density at radius 3 is 3.00 bits per heavy atom. The van der Waals surface area contributed by atoms with Crippen LogP contribution in [0, 0.1) is 6.92 Å². The van der Waals surface area contributed by atoms with Gasteiger partial charge in [0.25, 0.3) is 0 Å². The third kappa shape index (κ3) is 2.07. The fourth-order valence-corrected chi connectivity index (χ4v) is 2.10. The van der Waals surface area contributed by atoms with Crippen molar-refractivity contribution in [3.8, 4) is 11.4 Å². The van der Waals surface area contributed by atoms with Gasteiger partial charge in [-0.3, -0.25) is 5.10 Å². The van der Waals surface area contributed by atoms with Gasteiger partial charge in [0.05, 0.1) is 11.3 Å². The summed E-state index contributed by atoms with van der Waals surface area (Å²) in [5.41, 5.74) is 1.80. The summed E-state index contributed by atoms with van der Waals surface area (Å²) in [5, 5.41) is 10.7. The molecule has 0 unspecified atom stereocenters. The van der Waals surface area contributed by atoms with Crippen LogP contribution in [0.4, 0.5) is 10.9 Å². The topological polar surface area (TPSA) is 79.4 Å². The number of H-pyrrole nitrogens is 1. The van der Waals surface area contributed by atoms with E-state index in [4.69, 9.17) is 0 Å². The van der Waals surface area contributed by atoms with Crippen LogP contribution in [-0.4, -0.2) is 24.5 Å². The lowest BCUT2D eigenvalue weighted by atomic mass is 10.2. The number of hydrogen-bond acceptors (Lipinski definition) is 6. The molecule has 0 fully saturated rings. The molecule has 0 saturated carbocycles. The van der Waals surface area contributed by atoms with E-state index in [1.165, 1.54) is 11.5 Å². The largest absolute Gasteiger partial charge is 0.315 e. The fraction of sp³-hybridized carbons (Fsp3) is 0.0909. The van der Waals surface area contributed by atoms with Gasteiger partial charge in [-0.15, -0.1) is 0 Å². The molecule has 3 aromatic heterocycles. The molecule has 0 aliphatic rings. The smallest absolute Gasteiger partial charge is 0.208 e. The third-order valence-corrected chi connectivity index (χ3v) is 3.03. The number of hydrogen-bond donors (Lipinski definition) is 2. The number of aromatic nitrogens is 5. The molecule has 3 rings (SSSR count). The standard InChI is InChI=1S/C11H10N6S/c1-7-8(6-13-16-7)10-15-11(18-17-10)14-9-4-2-3-5-12-9/h2-6H,1H3,(H,13,16)(H,12,14,15,17). The van der Waals surface area contributed by atoms with Gasteiger partial charge in [0, 0.05) is 23.9 Å². The molecule has 0 amide bonds. The van der Waals surface area contributed by atoms with Gasteiger partial charge in [0.1, 0.15) is 5.82 Å². The van der Waals surface area contributed by atoms with Crippen LogP contribution in [0.2, 0.25) is 0 Å². The molecule has 0 saturated heterocycles. The van der Waals surface area contributed by atoms with Crippen LogP contribution in [0.15, 0.2) is 30.6 Å². The summed E-state index contributed by atoms with van der Waals surface area (Å²) >= 11 is 1.30. The molecule has 3 aromatic rings. The van der Waals surface area contributed by atoms with E-state index in [0.29, 0.717) is 11.0 Å². The minimum Gasteiger partial charge on any atom is -0.315 e. The van der Waals surface area contributed by atoms with Gasteiger partial charge >= 0.3 is 0 Å². The van der Waals surface area contributed by atoms with Gasteiger partial charge < -0.3 is 5.32 Å². The Bertz CT molecular complexity index is 644. The van der Waals surface area contributed by atoms with E-state index in [-0.39, 0.29) is 0 Å². The number of pyridine rings is 1. The molecular weight excluding hydrogens is 248 g/mol. The van der Waals surface area contributed by atoms with Crippen LogP contribution in [0.1, 0.15) is 5.69 Å². The minimum absolute atomic E-state index is 0.671. The molecule has 7 heteroatoms. The Kier molecular flexibility index (Phi) is 2.73. The molecule has 18 heavy (non-hydrogen) atoms. The summed E-state index contributed by atoms with van der Waals surface area (Å²) in [6.45, 7) is 1.92. The maximum Gasteiger partial charge on any atom is 0.208 e. The van der Waals surface area contributed by atoms with E-state index >= 15 is 0 Å². The second-order valence-electron chi connectivity index (χ2n) is 3.65. The zero-order valence-electron chi connectivity index (χ0n) is 9.58. The molecule has 3 heterocycles. The molecule has 90 valence electrons. The summed E-state index contributed by atoms with van der Waals surface area (Å²) < 4.78 is 4.30. The van der Waals surface area contributed by atoms with E-state index in [0.717, 1.165) is 17.1 Å². The first kappa shape index (κ1) is 10.8. The lowest BCUT2D eigenvalue weighted by Crippen LogP contribution is -1.91. The molecule has 6 nitrogen and oxygen atoms in total. The summed E-state index contributed by atoms with van der Waals surface area (Å²) in [7, 11) is 0. The highest BCUT2D eigenvalue weighted by Crippen LogP contribution is 2.24. The van der Waals surface area contributed by atoms with Gasteiger partial charge in [-0.2, -0.15) is 14.5 Å². The lowest BCUT2D eigenvalue weighted by molar-refractivity contribution is 1.05. The Labute approximate surface area is 107 Å². The first-order valence-corrected chi connectivity index (χ1v) is 6.13. The highest BCUT2D eigenvalue weighted by Gasteiger charge is 2.10. The van der Waals surface area contributed by atoms with Crippen LogP contribution in [0.3, 0.4) is 0 Å². The molecule has 0 aliphatic carbocycles. The highest BCUT2D eigenvalue weighted by atomic mass is 32.1.